The number of hydrogen-bond donors (Lipinski definition) is 1. The number of likely N-dealkylation sites (N-methyl/N-ethyl adjacent to an activating group) is 1. The number of halogens is 1. The summed E-state index contributed by atoms with van der Waals surface area (Å²) in [4.78, 5) is 13.8. The van der Waals surface area contributed by atoms with Crippen molar-refractivity contribution in [3.63, 3.8) is 0 Å². The number of nitrogens with one attached hydrogen (secondary N) is 1. The molecule has 1 saturated heterocycles. The molecule has 0 bridgehead atoms. The first-order chi connectivity index (χ1) is 19.5. The van der Waals surface area contributed by atoms with Crippen LogP contribution in [0.3, 0.4) is 0 Å². The molecule has 0 atom stereocenters. The molecule has 0 saturated carbocycles. The fraction of sp³-hybridized carbons (Fsp3) is 0.345. The first-order valence-electron chi connectivity index (χ1n) is 13.4. The van der Waals surface area contributed by atoms with Crippen molar-refractivity contribution < 1.29 is 13.2 Å². The fourth-order valence-electron chi connectivity index (χ4n) is 4.82. The van der Waals surface area contributed by atoms with Crippen LogP contribution >= 0.6 is 11.6 Å². The Bertz CT molecular complexity index is 1660. The van der Waals surface area contributed by atoms with Gasteiger partial charge in [0.15, 0.2) is 0 Å². The third kappa shape index (κ3) is 6.32. The molecule has 1 fully saturated rings. The molecule has 4 aromatic rings. The van der Waals surface area contributed by atoms with Gasteiger partial charge in [0.1, 0.15) is 10.6 Å². The predicted octanol–water partition coefficient (Wildman–Crippen LogP) is 5.31. The number of nitrogens with zero attached hydrogens (tertiary/aromatic N) is 6. The van der Waals surface area contributed by atoms with Gasteiger partial charge in [0, 0.05) is 56.6 Å². The lowest BCUT2D eigenvalue weighted by molar-refractivity contribution is 0.313. The van der Waals surface area contributed by atoms with E-state index in [-0.39, 0.29) is 22.6 Å². The molecule has 216 valence electrons. The van der Waals surface area contributed by atoms with E-state index >= 15 is 0 Å². The van der Waals surface area contributed by atoms with Gasteiger partial charge in [-0.25, -0.2) is 18.1 Å². The molecule has 0 radical (unpaired) electrons. The first-order valence-corrected chi connectivity index (χ1v) is 15.3. The van der Waals surface area contributed by atoms with Gasteiger partial charge < -0.3 is 14.5 Å². The van der Waals surface area contributed by atoms with Crippen molar-refractivity contribution in [3.05, 3.63) is 71.0 Å². The molecule has 5 rings (SSSR count). The Kier molecular flexibility index (Phi) is 8.21. The number of aryl methyl sites for hydroxylation is 2. The van der Waals surface area contributed by atoms with E-state index in [2.05, 4.69) is 31.7 Å². The number of aromatic nitrogens is 4. The van der Waals surface area contributed by atoms with Gasteiger partial charge in [0.2, 0.25) is 11.8 Å². The molecule has 10 nitrogen and oxygen atoms in total. The number of anilines is 2. The summed E-state index contributed by atoms with van der Waals surface area (Å²) in [6.45, 7) is 9.74. The minimum absolute atomic E-state index is 0.00252. The molecule has 0 aliphatic carbocycles. The number of ether oxygens (including phenoxy) is 1. The van der Waals surface area contributed by atoms with Crippen LogP contribution in [0, 0.1) is 6.92 Å². The number of sulfonamides is 1. The predicted molar refractivity (Wildman–Crippen MR) is 162 cm³/mol. The minimum atomic E-state index is -4.00. The molecule has 3 heterocycles. The molecule has 0 spiro atoms. The summed E-state index contributed by atoms with van der Waals surface area (Å²) in [6.07, 6.45) is 2.68. The minimum Gasteiger partial charge on any atom is -0.438 e. The SMILES string of the molecule is Cc1ccccc1-c1nc(NS(=O)(=O)c2cnn(C)c2)nc(Oc2ccc(N3CCN(C)CC3)c(Cl)c2)c1C(C)C. The van der Waals surface area contributed by atoms with Crippen molar-refractivity contribution in [2.45, 2.75) is 31.6 Å². The molecule has 12 heteroatoms. The van der Waals surface area contributed by atoms with E-state index in [0.717, 1.165) is 48.6 Å². The third-order valence-corrected chi connectivity index (χ3v) is 8.67. The maximum absolute atomic E-state index is 13.2. The van der Waals surface area contributed by atoms with Crippen LogP contribution in [0.25, 0.3) is 11.3 Å². The van der Waals surface area contributed by atoms with Gasteiger partial charge in [-0.15, -0.1) is 0 Å². The summed E-state index contributed by atoms with van der Waals surface area (Å²) in [5, 5.41) is 4.55. The lowest BCUT2D eigenvalue weighted by atomic mass is 9.95. The van der Waals surface area contributed by atoms with Crippen molar-refractivity contribution in [2.24, 2.45) is 7.05 Å². The van der Waals surface area contributed by atoms with Crippen LogP contribution in [-0.2, 0) is 17.1 Å². The Balaban J connectivity index is 1.57. The van der Waals surface area contributed by atoms with Gasteiger partial charge in [-0.3, -0.25) is 4.68 Å². The Morgan fingerprint density at radius 3 is 2.39 bits per heavy atom. The maximum atomic E-state index is 13.2. The van der Waals surface area contributed by atoms with Crippen LogP contribution in [0.15, 0.2) is 59.8 Å². The van der Waals surface area contributed by atoms with Gasteiger partial charge >= 0.3 is 0 Å². The monoisotopic (exact) mass is 595 g/mol. The highest BCUT2D eigenvalue weighted by Gasteiger charge is 2.25. The summed E-state index contributed by atoms with van der Waals surface area (Å²) < 4.78 is 36.6. The summed E-state index contributed by atoms with van der Waals surface area (Å²) in [5.74, 6) is 0.598. The van der Waals surface area contributed by atoms with Crippen LogP contribution in [0.2, 0.25) is 5.02 Å². The largest absolute Gasteiger partial charge is 0.438 e. The average molecular weight is 596 g/mol. The Labute approximate surface area is 246 Å². The number of hydrogen-bond acceptors (Lipinski definition) is 8. The van der Waals surface area contributed by atoms with E-state index in [1.807, 2.05) is 57.2 Å². The molecule has 1 aliphatic heterocycles. The van der Waals surface area contributed by atoms with Gasteiger partial charge in [-0.05, 0) is 37.6 Å². The summed E-state index contributed by atoms with van der Waals surface area (Å²) in [6, 6.07) is 13.4. The van der Waals surface area contributed by atoms with Crippen molar-refractivity contribution in [3.8, 4) is 22.9 Å². The second-order valence-corrected chi connectivity index (χ2v) is 12.6. The Morgan fingerprint density at radius 2 is 1.76 bits per heavy atom. The van der Waals surface area contributed by atoms with Gasteiger partial charge in [0.25, 0.3) is 10.0 Å². The van der Waals surface area contributed by atoms with Crippen LogP contribution in [0.4, 0.5) is 11.6 Å². The Morgan fingerprint density at radius 1 is 1.02 bits per heavy atom. The van der Waals surface area contributed by atoms with E-state index in [9.17, 15) is 8.42 Å². The summed E-state index contributed by atoms with van der Waals surface area (Å²) in [7, 11) is -0.238. The highest BCUT2D eigenvalue weighted by atomic mass is 35.5. The average Bonchev–Trinajstić information content (AvgIpc) is 3.36. The molecule has 1 aliphatic rings. The summed E-state index contributed by atoms with van der Waals surface area (Å²) >= 11 is 6.74. The highest BCUT2D eigenvalue weighted by molar-refractivity contribution is 7.92. The number of rotatable bonds is 8. The van der Waals surface area contributed by atoms with Crippen LogP contribution in [0.5, 0.6) is 11.6 Å². The van der Waals surface area contributed by atoms with E-state index in [0.29, 0.717) is 16.5 Å². The zero-order valence-electron chi connectivity index (χ0n) is 23.8. The van der Waals surface area contributed by atoms with Gasteiger partial charge in [-0.2, -0.15) is 10.1 Å². The van der Waals surface area contributed by atoms with Crippen molar-refractivity contribution >= 4 is 33.3 Å². The second kappa shape index (κ2) is 11.7. The molecule has 41 heavy (non-hydrogen) atoms. The standard InChI is InChI=1S/C29H34ClN7O3S/c1-19(2)26-27(23-9-7-6-8-20(23)3)32-29(34-41(38,39)22-17-31-36(5)18-22)33-28(26)40-21-10-11-25(24(30)16-21)37-14-12-35(4)13-15-37/h6-11,16-19H,12-15H2,1-5H3,(H,32,33,34). The topological polar surface area (TPSA) is 105 Å². The van der Waals surface area contributed by atoms with Crippen LogP contribution < -0.4 is 14.4 Å². The molecule has 2 aromatic heterocycles. The van der Waals surface area contributed by atoms with Crippen molar-refractivity contribution in [2.75, 3.05) is 42.8 Å². The first kappa shape index (κ1) is 28.8. The molecule has 1 N–H and O–H groups in total. The number of piperazine rings is 1. The highest BCUT2D eigenvalue weighted by Crippen LogP contribution is 2.39. The van der Waals surface area contributed by atoms with Gasteiger partial charge in [-0.1, -0.05) is 49.7 Å². The zero-order chi connectivity index (χ0) is 29.3. The molecule has 0 unspecified atom stereocenters. The third-order valence-electron chi connectivity index (χ3n) is 7.08. The summed E-state index contributed by atoms with van der Waals surface area (Å²) in [5.41, 5.74) is 4.13. The van der Waals surface area contributed by atoms with Crippen molar-refractivity contribution in [1.82, 2.24) is 24.6 Å². The molecule has 2 aromatic carbocycles. The van der Waals surface area contributed by atoms with E-state index in [4.69, 9.17) is 21.3 Å². The molecule has 0 amide bonds. The lowest BCUT2D eigenvalue weighted by Crippen LogP contribution is -2.44. The Hall–Kier alpha value is -3.67. The smallest absolute Gasteiger partial charge is 0.267 e. The van der Waals surface area contributed by atoms with Gasteiger partial charge in [0.05, 0.1) is 22.6 Å². The van der Waals surface area contributed by atoms with E-state index in [1.54, 1.807) is 13.1 Å². The fourth-order valence-corrected chi connectivity index (χ4v) is 6.04. The lowest BCUT2D eigenvalue weighted by Gasteiger charge is -2.34. The number of benzene rings is 2. The molecular weight excluding hydrogens is 562 g/mol. The van der Waals surface area contributed by atoms with E-state index < -0.39 is 10.0 Å². The van der Waals surface area contributed by atoms with Crippen molar-refractivity contribution in [1.29, 1.82) is 0 Å². The second-order valence-electron chi connectivity index (χ2n) is 10.5. The zero-order valence-corrected chi connectivity index (χ0v) is 25.4. The molecular formula is C29H34ClN7O3S. The van der Waals surface area contributed by atoms with Crippen LogP contribution in [0.1, 0.15) is 30.9 Å². The van der Waals surface area contributed by atoms with Crippen LogP contribution in [-0.4, -0.2) is 66.3 Å². The normalized spacial score (nSPS) is 14.5. The maximum Gasteiger partial charge on any atom is 0.267 e. The quantitative estimate of drug-likeness (QED) is 0.292. The van der Waals surface area contributed by atoms with E-state index in [1.165, 1.54) is 17.1 Å².